The molecule has 2 aromatic rings. The van der Waals surface area contributed by atoms with Crippen LogP contribution in [-0.2, 0) is 11.2 Å². The molecule has 1 aliphatic heterocycles. The molecule has 0 unspecified atom stereocenters. The highest BCUT2D eigenvalue weighted by Gasteiger charge is 2.27. The van der Waals surface area contributed by atoms with Crippen molar-refractivity contribution in [3.05, 3.63) is 12.2 Å². The van der Waals surface area contributed by atoms with Gasteiger partial charge in [-0.1, -0.05) is 6.92 Å². The summed E-state index contributed by atoms with van der Waals surface area (Å²) in [4.78, 5) is 32.4. The first-order valence-corrected chi connectivity index (χ1v) is 8.30. The summed E-state index contributed by atoms with van der Waals surface area (Å²) >= 11 is 0. The van der Waals surface area contributed by atoms with Gasteiger partial charge >= 0.3 is 6.09 Å². The Morgan fingerprint density at radius 2 is 1.96 bits per heavy atom. The van der Waals surface area contributed by atoms with E-state index in [0.29, 0.717) is 31.8 Å². The van der Waals surface area contributed by atoms with Crippen LogP contribution in [0.4, 0.5) is 10.6 Å². The van der Waals surface area contributed by atoms with Crippen molar-refractivity contribution in [3.8, 4) is 0 Å². The van der Waals surface area contributed by atoms with Gasteiger partial charge < -0.3 is 19.5 Å². The van der Waals surface area contributed by atoms with Gasteiger partial charge in [0.05, 0.1) is 0 Å². The van der Waals surface area contributed by atoms with E-state index in [-0.39, 0.29) is 6.09 Å². The molecule has 24 heavy (non-hydrogen) atoms. The molecule has 3 rings (SSSR count). The number of nitrogens with one attached hydrogen (secondary N) is 1. The molecular weight excluding hydrogens is 308 g/mol. The molecule has 3 heterocycles. The van der Waals surface area contributed by atoms with Crippen molar-refractivity contribution in [2.45, 2.75) is 39.7 Å². The maximum Gasteiger partial charge on any atom is 0.410 e. The molecule has 0 atom stereocenters. The normalized spacial score (nSPS) is 15.8. The first-order valence-electron chi connectivity index (χ1n) is 8.30. The van der Waals surface area contributed by atoms with Gasteiger partial charge in [-0.05, 0) is 20.8 Å². The van der Waals surface area contributed by atoms with Crippen LogP contribution < -0.4 is 4.90 Å². The second-order valence-electron chi connectivity index (χ2n) is 6.89. The smallest absolute Gasteiger partial charge is 0.410 e. The minimum atomic E-state index is -0.473. The van der Waals surface area contributed by atoms with Crippen molar-refractivity contribution in [3.63, 3.8) is 0 Å². The van der Waals surface area contributed by atoms with Gasteiger partial charge in [0.2, 0.25) is 0 Å². The van der Waals surface area contributed by atoms with Crippen LogP contribution in [0.1, 0.15) is 33.5 Å². The summed E-state index contributed by atoms with van der Waals surface area (Å²) in [5.74, 6) is 1.75. The zero-order valence-corrected chi connectivity index (χ0v) is 14.7. The molecule has 1 saturated heterocycles. The summed E-state index contributed by atoms with van der Waals surface area (Å²) in [5.41, 5.74) is 1.07. The van der Waals surface area contributed by atoms with Gasteiger partial charge in [0, 0.05) is 32.6 Å². The number of anilines is 1. The number of rotatable bonds is 2. The van der Waals surface area contributed by atoms with E-state index in [4.69, 9.17) is 4.74 Å². The van der Waals surface area contributed by atoms with E-state index in [0.717, 1.165) is 23.6 Å². The Hall–Kier alpha value is -2.38. The summed E-state index contributed by atoms with van der Waals surface area (Å²) in [5, 5.41) is 0. The molecule has 1 fully saturated rings. The van der Waals surface area contributed by atoms with Crippen LogP contribution in [0.2, 0.25) is 0 Å². The average molecular weight is 332 g/mol. The Kier molecular flexibility index (Phi) is 4.29. The molecule has 0 saturated carbocycles. The zero-order valence-electron chi connectivity index (χ0n) is 14.7. The molecule has 0 aromatic carbocycles. The van der Waals surface area contributed by atoms with Gasteiger partial charge in [-0.15, -0.1) is 0 Å². The van der Waals surface area contributed by atoms with Gasteiger partial charge in [0.1, 0.15) is 23.3 Å². The highest BCUT2D eigenvalue weighted by molar-refractivity contribution is 5.83. The molecule has 1 N–H and O–H groups in total. The van der Waals surface area contributed by atoms with Crippen molar-refractivity contribution in [2.75, 3.05) is 31.1 Å². The fourth-order valence-corrected chi connectivity index (χ4v) is 2.70. The van der Waals surface area contributed by atoms with Crippen LogP contribution in [0.25, 0.3) is 11.2 Å². The van der Waals surface area contributed by atoms with Crippen LogP contribution in [0.3, 0.4) is 0 Å². The number of carbonyl (C=O) groups is 1. The molecular formula is C16H24N6O2. The van der Waals surface area contributed by atoms with E-state index in [1.807, 2.05) is 27.7 Å². The molecule has 0 bridgehead atoms. The van der Waals surface area contributed by atoms with Crippen LogP contribution in [-0.4, -0.2) is 62.7 Å². The summed E-state index contributed by atoms with van der Waals surface area (Å²) in [6, 6.07) is 0. The Morgan fingerprint density at radius 1 is 1.25 bits per heavy atom. The monoisotopic (exact) mass is 332 g/mol. The summed E-state index contributed by atoms with van der Waals surface area (Å²) in [6.45, 7) is 10.3. The average Bonchev–Trinajstić information content (AvgIpc) is 2.96. The van der Waals surface area contributed by atoms with E-state index in [1.54, 1.807) is 4.90 Å². The molecule has 2 aromatic heterocycles. The summed E-state index contributed by atoms with van der Waals surface area (Å²) in [6.07, 6.45) is 2.10. The molecule has 0 aliphatic carbocycles. The van der Waals surface area contributed by atoms with E-state index in [2.05, 4.69) is 24.8 Å². The van der Waals surface area contributed by atoms with E-state index in [1.165, 1.54) is 6.33 Å². The number of amides is 1. The topological polar surface area (TPSA) is 87.2 Å². The van der Waals surface area contributed by atoms with E-state index >= 15 is 0 Å². The molecule has 0 spiro atoms. The third-order valence-corrected chi connectivity index (χ3v) is 3.88. The molecule has 1 aliphatic rings. The number of carbonyl (C=O) groups excluding carboxylic acids is 1. The lowest BCUT2D eigenvalue weighted by molar-refractivity contribution is 0.0240. The summed E-state index contributed by atoms with van der Waals surface area (Å²) in [7, 11) is 0. The number of ether oxygens (including phenoxy) is 1. The SMILES string of the molecule is CCc1nc2ncnc(N3CCN(C(=O)OC(C)(C)C)CC3)c2[nH]1. The Bertz CT molecular complexity index is 728. The largest absolute Gasteiger partial charge is 0.444 e. The van der Waals surface area contributed by atoms with Gasteiger partial charge in [-0.25, -0.2) is 19.7 Å². The second-order valence-corrected chi connectivity index (χ2v) is 6.89. The lowest BCUT2D eigenvalue weighted by atomic mass is 10.2. The Labute approximate surface area is 141 Å². The Balaban J connectivity index is 1.71. The van der Waals surface area contributed by atoms with Crippen molar-refractivity contribution >= 4 is 23.1 Å². The van der Waals surface area contributed by atoms with Crippen molar-refractivity contribution in [1.29, 1.82) is 0 Å². The third-order valence-electron chi connectivity index (χ3n) is 3.88. The molecule has 130 valence electrons. The number of aromatic amines is 1. The molecule has 8 heteroatoms. The lowest BCUT2D eigenvalue weighted by Crippen LogP contribution is -2.50. The minimum Gasteiger partial charge on any atom is -0.444 e. The van der Waals surface area contributed by atoms with Gasteiger partial charge in [0.25, 0.3) is 0 Å². The number of fused-ring (bicyclic) bond motifs is 1. The summed E-state index contributed by atoms with van der Waals surface area (Å²) < 4.78 is 5.43. The highest BCUT2D eigenvalue weighted by Crippen LogP contribution is 2.22. The van der Waals surface area contributed by atoms with Gasteiger partial charge in [-0.2, -0.15) is 0 Å². The number of hydrogen-bond donors (Lipinski definition) is 1. The number of aromatic nitrogens is 4. The van der Waals surface area contributed by atoms with Crippen LogP contribution in [0.15, 0.2) is 6.33 Å². The maximum atomic E-state index is 12.2. The van der Waals surface area contributed by atoms with E-state index < -0.39 is 5.60 Å². The Morgan fingerprint density at radius 3 is 2.58 bits per heavy atom. The number of H-pyrrole nitrogens is 1. The lowest BCUT2D eigenvalue weighted by Gasteiger charge is -2.36. The highest BCUT2D eigenvalue weighted by atomic mass is 16.6. The number of nitrogens with zero attached hydrogens (tertiary/aromatic N) is 5. The number of hydrogen-bond acceptors (Lipinski definition) is 6. The quantitative estimate of drug-likeness (QED) is 0.905. The van der Waals surface area contributed by atoms with Gasteiger partial charge in [0.15, 0.2) is 11.5 Å². The van der Waals surface area contributed by atoms with Crippen molar-refractivity contribution in [2.24, 2.45) is 0 Å². The van der Waals surface area contributed by atoms with Crippen LogP contribution in [0.5, 0.6) is 0 Å². The minimum absolute atomic E-state index is 0.259. The van der Waals surface area contributed by atoms with Crippen molar-refractivity contribution < 1.29 is 9.53 Å². The standard InChI is InChI=1S/C16H24N6O2/c1-5-11-19-12-13(20-11)17-10-18-14(12)21-6-8-22(9-7-21)15(23)24-16(2,3)4/h10H,5-9H2,1-4H3,(H,17,18,19,20). The first-order chi connectivity index (χ1) is 11.4. The number of imidazole rings is 1. The fraction of sp³-hybridized carbons (Fsp3) is 0.625. The first kappa shape index (κ1) is 16.5. The predicted molar refractivity (Wildman–Crippen MR) is 91.1 cm³/mol. The molecule has 1 amide bonds. The van der Waals surface area contributed by atoms with E-state index in [9.17, 15) is 4.79 Å². The van der Waals surface area contributed by atoms with Crippen LogP contribution >= 0.6 is 0 Å². The van der Waals surface area contributed by atoms with Crippen molar-refractivity contribution in [1.82, 2.24) is 24.8 Å². The zero-order chi connectivity index (χ0) is 17.3. The second kappa shape index (κ2) is 6.26. The number of aryl methyl sites for hydroxylation is 1. The maximum absolute atomic E-state index is 12.2. The number of piperazine rings is 1. The molecule has 8 nitrogen and oxygen atoms in total. The fourth-order valence-electron chi connectivity index (χ4n) is 2.70. The van der Waals surface area contributed by atoms with Gasteiger partial charge in [-0.3, -0.25) is 0 Å². The third kappa shape index (κ3) is 3.42. The van der Waals surface area contributed by atoms with Crippen LogP contribution in [0, 0.1) is 0 Å². The predicted octanol–water partition coefficient (Wildman–Crippen LogP) is 1.97. The molecule has 0 radical (unpaired) electrons.